The smallest absolute Gasteiger partial charge is 0.433 e. The van der Waals surface area contributed by atoms with Crippen LogP contribution >= 0.6 is 0 Å². The topological polar surface area (TPSA) is 63.6 Å². The van der Waals surface area contributed by atoms with Gasteiger partial charge in [-0.25, -0.2) is 9.50 Å². The van der Waals surface area contributed by atoms with Gasteiger partial charge >= 0.3 is 6.18 Å². The molecular formula is C18H17F3N4O2. The number of likely N-dealkylation sites (tertiary alicyclic amines) is 1. The van der Waals surface area contributed by atoms with Gasteiger partial charge in [-0.2, -0.15) is 18.3 Å². The Kier molecular flexibility index (Phi) is 4.16. The van der Waals surface area contributed by atoms with Crippen LogP contribution in [-0.2, 0) is 6.18 Å². The van der Waals surface area contributed by atoms with Gasteiger partial charge in [-0.3, -0.25) is 4.79 Å². The van der Waals surface area contributed by atoms with Crippen molar-refractivity contribution in [3.63, 3.8) is 0 Å². The van der Waals surface area contributed by atoms with Crippen molar-refractivity contribution in [3.05, 3.63) is 53.4 Å². The van der Waals surface area contributed by atoms with E-state index in [9.17, 15) is 18.0 Å². The Hall–Kier alpha value is -2.84. The van der Waals surface area contributed by atoms with Crippen LogP contribution < -0.4 is 0 Å². The molecule has 1 aliphatic heterocycles. The lowest BCUT2D eigenvalue weighted by atomic mass is 9.94. The highest BCUT2D eigenvalue weighted by Crippen LogP contribution is 2.33. The number of aryl methyl sites for hydroxylation is 1. The Morgan fingerprint density at radius 3 is 2.85 bits per heavy atom. The fourth-order valence-electron chi connectivity index (χ4n) is 3.48. The minimum absolute atomic E-state index is 0.159. The predicted octanol–water partition coefficient (Wildman–Crippen LogP) is 3.67. The SMILES string of the molecule is Cc1cc2nc([C@H]3CCCN(C(=O)c4ccco4)C3)cc(C(F)(F)F)n2n1. The number of fused-ring (bicyclic) bond motifs is 1. The second kappa shape index (κ2) is 6.40. The van der Waals surface area contributed by atoms with Gasteiger partial charge in [0.25, 0.3) is 5.91 Å². The molecule has 1 saturated heterocycles. The number of furan rings is 1. The maximum atomic E-state index is 13.5. The van der Waals surface area contributed by atoms with E-state index < -0.39 is 11.9 Å². The molecule has 0 unspecified atom stereocenters. The van der Waals surface area contributed by atoms with Crippen molar-refractivity contribution in [2.24, 2.45) is 0 Å². The number of nitrogens with zero attached hydrogens (tertiary/aromatic N) is 4. The summed E-state index contributed by atoms with van der Waals surface area (Å²) in [4.78, 5) is 18.5. The van der Waals surface area contributed by atoms with E-state index in [4.69, 9.17) is 4.42 Å². The summed E-state index contributed by atoms with van der Waals surface area (Å²) in [5.74, 6) is -0.317. The largest absolute Gasteiger partial charge is 0.459 e. The molecule has 0 aliphatic carbocycles. The van der Waals surface area contributed by atoms with Crippen LogP contribution in [0.5, 0.6) is 0 Å². The minimum Gasteiger partial charge on any atom is -0.459 e. The Labute approximate surface area is 152 Å². The molecule has 27 heavy (non-hydrogen) atoms. The third-order valence-corrected chi connectivity index (χ3v) is 4.72. The number of hydrogen-bond donors (Lipinski definition) is 0. The second-order valence-electron chi connectivity index (χ2n) is 6.69. The lowest BCUT2D eigenvalue weighted by molar-refractivity contribution is -0.142. The van der Waals surface area contributed by atoms with Crippen molar-refractivity contribution < 1.29 is 22.4 Å². The zero-order chi connectivity index (χ0) is 19.2. The van der Waals surface area contributed by atoms with Crippen LogP contribution in [-0.4, -0.2) is 38.5 Å². The van der Waals surface area contributed by atoms with Crippen molar-refractivity contribution in [2.75, 3.05) is 13.1 Å². The molecule has 0 N–H and O–H groups in total. The van der Waals surface area contributed by atoms with Crippen molar-refractivity contribution in [3.8, 4) is 0 Å². The zero-order valence-electron chi connectivity index (χ0n) is 14.5. The van der Waals surface area contributed by atoms with Gasteiger partial charge < -0.3 is 9.32 Å². The molecule has 6 nitrogen and oxygen atoms in total. The predicted molar refractivity (Wildman–Crippen MR) is 89.3 cm³/mol. The molecule has 0 saturated carbocycles. The van der Waals surface area contributed by atoms with E-state index in [1.807, 2.05) is 0 Å². The quantitative estimate of drug-likeness (QED) is 0.683. The lowest BCUT2D eigenvalue weighted by Crippen LogP contribution is -2.39. The van der Waals surface area contributed by atoms with Crippen molar-refractivity contribution in [1.82, 2.24) is 19.5 Å². The van der Waals surface area contributed by atoms with Crippen LogP contribution in [0.15, 0.2) is 34.9 Å². The van der Waals surface area contributed by atoms with Crippen LogP contribution in [0, 0.1) is 6.92 Å². The molecule has 1 atom stereocenters. The average Bonchev–Trinajstić information content (AvgIpc) is 3.28. The first-order valence-electron chi connectivity index (χ1n) is 8.60. The standard InChI is InChI=1S/C18H17F3N4O2/c1-11-8-16-22-13(9-15(18(19,20)21)25(16)23-11)12-4-2-6-24(10-12)17(26)14-5-3-7-27-14/h3,5,7-9,12H,2,4,6,10H2,1H3/t12-/m0/s1. The van der Waals surface area contributed by atoms with Gasteiger partial charge in [0.2, 0.25) is 0 Å². The van der Waals surface area contributed by atoms with Gasteiger partial charge in [0.15, 0.2) is 11.4 Å². The molecule has 142 valence electrons. The van der Waals surface area contributed by atoms with Crippen molar-refractivity contribution in [1.29, 1.82) is 0 Å². The number of halogens is 3. The fourth-order valence-corrected chi connectivity index (χ4v) is 3.48. The number of carbonyl (C=O) groups is 1. The lowest BCUT2D eigenvalue weighted by Gasteiger charge is -2.32. The van der Waals surface area contributed by atoms with Gasteiger partial charge in [0.1, 0.15) is 5.69 Å². The monoisotopic (exact) mass is 378 g/mol. The number of hydrogen-bond acceptors (Lipinski definition) is 4. The zero-order valence-corrected chi connectivity index (χ0v) is 14.5. The Balaban J connectivity index is 1.68. The molecule has 1 aliphatic rings. The number of piperidine rings is 1. The summed E-state index contributed by atoms with van der Waals surface area (Å²) in [5.41, 5.74) is 0.0898. The maximum absolute atomic E-state index is 13.5. The van der Waals surface area contributed by atoms with Crippen LogP contribution in [0.4, 0.5) is 13.2 Å². The van der Waals surface area contributed by atoms with Gasteiger partial charge in [0, 0.05) is 30.8 Å². The van der Waals surface area contributed by atoms with Crippen LogP contribution in [0.2, 0.25) is 0 Å². The normalized spacial score (nSPS) is 18.2. The van der Waals surface area contributed by atoms with Crippen LogP contribution in [0.25, 0.3) is 5.65 Å². The molecule has 0 radical (unpaired) electrons. The molecule has 1 fully saturated rings. The van der Waals surface area contributed by atoms with E-state index in [1.165, 1.54) is 12.3 Å². The maximum Gasteiger partial charge on any atom is 0.433 e. The van der Waals surface area contributed by atoms with E-state index in [-0.39, 0.29) is 23.2 Å². The average molecular weight is 378 g/mol. The number of alkyl halides is 3. The molecule has 1 amide bonds. The highest BCUT2D eigenvalue weighted by Gasteiger charge is 2.36. The molecule has 0 spiro atoms. The summed E-state index contributed by atoms with van der Waals surface area (Å²) in [6.45, 7) is 2.46. The molecule has 3 aromatic rings. The van der Waals surface area contributed by atoms with Gasteiger partial charge in [-0.15, -0.1) is 0 Å². The highest BCUT2D eigenvalue weighted by atomic mass is 19.4. The molecular weight excluding hydrogens is 361 g/mol. The summed E-state index contributed by atoms with van der Waals surface area (Å²) in [7, 11) is 0. The summed E-state index contributed by atoms with van der Waals surface area (Å²) >= 11 is 0. The van der Waals surface area contributed by atoms with E-state index in [0.717, 1.165) is 10.6 Å². The van der Waals surface area contributed by atoms with E-state index in [0.29, 0.717) is 37.3 Å². The molecule has 9 heteroatoms. The summed E-state index contributed by atoms with van der Waals surface area (Å²) in [6.07, 6.45) is -1.78. The number of carbonyl (C=O) groups excluding carboxylic acids is 1. The Morgan fingerprint density at radius 2 is 2.15 bits per heavy atom. The number of aromatic nitrogens is 3. The molecule has 0 bridgehead atoms. The molecule has 0 aromatic carbocycles. The van der Waals surface area contributed by atoms with Crippen LogP contribution in [0.3, 0.4) is 0 Å². The summed E-state index contributed by atoms with van der Waals surface area (Å²) < 4.78 is 46.5. The van der Waals surface area contributed by atoms with E-state index >= 15 is 0 Å². The first-order chi connectivity index (χ1) is 12.8. The van der Waals surface area contributed by atoms with Gasteiger partial charge in [0.05, 0.1) is 12.0 Å². The summed E-state index contributed by atoms with van der Waals surface area (Å²) in [6, 6.07) is 5.77. The third-order valence-electron chi connectivity index (χ3n) is 4.72. The van der Waals surface area contributed by atoms with Crippen molar-refractivity contribution >= 4 is 11.6 Å². The van der Waals surface area contributed by atoms with Crippen LogP contribution in [0.1, 0.15) is 46.4 Å². The minimum atomic E-state index is -4.55. The van der Waals surface area contributed by atoms with Gasteiger partial charge in [-0.05, 0) is 38.0 Å². The Bertz CT molecular complexity index is 979. The third kappa shape index (κ3) is 3.29. The Morgan fingerprint density at radius 1 is 1.33 bits per heavy atom. The van der Waals surface area contributed by atoms with Gasteiger partial charge in [-0.1, -0.05) is 0 Å². The second-order valence-corrected chi connectivity index (χ2v) is 6.69. The molecule has 4 rings (SSSR count). The molecule has 3 aromatic heterocycles. The molecule has 4 heterocycles. The number of rotatable bonds is 2. The number of amides is 1. The van der Waals surface area contributed by atoms with Crippen molar-refractivity contribution in [2.45, 2.75) is 31.9 Å². The first-order valence-corrected chi connectivity index (χ1v) is 8.60. The fraction of sp³-hybridized carbons (Fsp3) is 0.389. The van der Waals surface area contributed by atoms with E-state index in [1.54, 1.807) is 24.0 Å². The van der Waals surface area contributed by atoms with E-state index in [2.05, 4.69) is 10.1 Å². The highest BCUT2D eigenvalue weighted by molar-refractivity contribution is 5.91. The first kappa shape index (κ1) is 17.6. The summed E-state index contributed by atoms with van der Waals surface area (Å²) in [5, 5.41) is 3.90.